The van der Waals surface area contributed by atoms with Crippen LogP contribution in [-0.2, 0) is 33.3 Å². The molecule has 0 aliphatic carbocycles. The zero-order valence-corrected chi connectivity index (χ0v) is 41.7. The van der Waals surface area contributed by atoms with Crippen LogP contribution in [0.15, 0.2) is 85.6 Å². The lowest BCUT2D eigenvalue weighted by atomic mass is 9.82. The third-order valence-corrected chi connectivity index (χ3v) is 12.4. The number of ether oxygens (including phenoxy) is 5. The lowest BCUT2D eigenvalue weighted by Gasteiger charge is -2.45. The molecule has 1 amide bonds. The Bertz CT molecular complexity index is 1790. The number of hydrogen-bond donors (Lipinski definition) is 12. The Balaban J connectivity index is 1.92. The molecule has 2 heterocycles. The number of aliphatic hydroxyl groups is 10. The topological polar surface area (TPSA) is 332 Å². The van der Waals surface area contributed by atoms with Gasteiger partial charge in [0.15, 0.2) is 12.1 Å². The van der Waals surface area contributed by atoms with Crippen LogP contribution in [0.4, 0.5) is 4.79 Å². The second-order valence-electron chi connectivity index (χ2n) is 18.4. The van der Waals surface area contributed by atoms with Crippen LogP contribution in [-0.4, -0.2) is 178 Å². The highest BCUT2D eigenvalue weighted by atomic mass is 16.7. The van der Waals surface area contributed by atoms with Crippen LogP contribution < -0.4 is 5.32 Å². The Morgan fingerprint density at radius 3 is 2.06 bits per heavy atom. The van der Waals surface area contributed by atoms with Crippen molar-refractivity contribution in [2.75, 3.05) is 6.61 Å². The minimum Gasteiger partial charge on any atom is -0.481 e. The molecule has 2 fully saturated rings. The average molecular weight is 1010 g/mol. The van der Waals surface area contributed by atoms with Gasteiger partial charge in [0.05, 0.1) is 73.5 Å². The zero-order valence-electron chi connectivity index (χ0n) is 41.7. The van der Waals surface area contributed by atoms with Gasteiger partial charge in [-0.05, 0) is 47.0 Å². The number of carbonyl (C=O) groups is 3. The van der Waals surface area contributed by atoms with E-state index >= 15 is 0 Å². The summed E-state index contributed by atoms with van der Waals surface area (Å²) in [5, 5.41) is 121. The second-order valence-corrected chi connectivity index (χ2v) is 18.4. The summed E-state index contributed by atoms with van der Waals surface area (Å²) in [7, 11) is 0. The molecule has 20 nitrogen and oxygen atoms in total. The zero-order chi connectivity index (χ0) is 53.4. The van der Waals surface area contributed by atoms with Gasteiger partial charge in [-0.2, -0.15) is 0 Å². The highest BCUT2D eigenvalue weighted by Crippen LogP contribution is 2.38. The average Bonchev–Trinajstić information content (AvgIpc) is 3.28. The SMILES string of the molecule is C=CCOC(=O)N[C@@H]1[C@H](O)[C@H](O[C@@H](/C=C/C)C[C@@H]2O[C@](O)(C[C@@H](O)C[C@@H](O)[C@H](O)CC[C@@H](O)C[C@@H](O)CC(=O)O[C@@H](C)[C@H](C)[C@H](O)[C@@H](C)/C=C/C=C/C=C/C=C/C=C/C)C[C@H](O)[C@H]2C(=O)O)O[C@H](C)[C@H]1O. The molecule has 0 saturated carbocycles. The number of aliphatic hydroxyl groups excluding tert-OH is 9. The Morgan fingerprint density at radius 1 is 0.817 bits per heavy atom. The fourth-order valence-corrected chi connectivity index (χ4v) is 8.30. The molecule has 0 unspecified atom stereocenters. The van der Waals surface area contributed by atoms with Crippen molar-refractivity contribution in [3.05, 3.63) is 85.6 Å². The van der Waals surface area contributed by atoms with Crippen LogP contribution in [0.2, 0.25) is 0 Å². The van der Waals surface area contributed by atoms with Gasteiger partial charge in [0, 0.05) is 37.5 Å². The normalized spacial score (nSPS) is 29.7. The number of aliphatic carboxylic acids is 1. The molecule has 0 spiro atoms. The molecule has 0 aromatic rings. The fraction of sp³-hybridized carbons (Fsp3) is 0.667. The number of carbonyl (C=O) groups excluding carboxylic acids is 2. The predicted octanol–water partition coefficient (Wildman–Crippen LogP) is 2.14. The Morgan fingerprint density at radius 2 is 1.45 bits per heavy atom. The van der Waals surface area contributed by atoms with E-state index in [1.54, 1.807) is 26.8 Å². The van der Waals surface area contributed by atoms with Crippen molar-refractivity contribution in [1.82, 2.24) is 5.32 Å². The van der Waals surface area contributed by atoms with E-state index < -0.39 is 153 Å². The fourth-order valence-electron chi connectivity index (χ4n) is 8.30. The molecule has 0 bridgehead atoms. The number of amides is 1. The van der Waals surface area contributed by atoms with Crippen LogP contribution in [0.5, 0.6) is 0 Å². The summed E-state index contributed by atoms with van der Waals surface area (Å²) in [4.78, 5) is 37.3. The number of rotatable bonds is 30. The summed E-state index contributed by atoms with van der Waals surface area (Å²) in [6.07, 6.45) is 0.293. The first kappa shape index (κ1) is 63.0. The van der Waals surface area contributed by atoms with Crippen molar-refractivity contribution >= 4 is 18.0 Å². The van der Waals surface area contributed by atoms with E-state index in [0.29, 0.717) is 0 Å². The lowest BCUT2D eigenvalue weighted by molar-refractivity contribution is -0.309. The van der Waals surface area contributed by atoms with Crippen LogP contribution >= 0.6 is 0 Å². The third kappa shape index (κ3) is 22.3. The van der Waals surface area contributed by atoms with Crippen LogP contribution in [0.25, 0.3) is 0 Å². The minimum absolute atomic E-state index is 0.126. The Hall–Kier alpha value is -4.13. The monoisotopic (exact) mass is 1010 g/mol. The van der Waals surface area contributed by atoms with Gasteiger partial charge in [0.1, 0.15) is 30.8 Å². The number of carboxylic acid groups (broad SMARTS) is 1. The van der Waals surface area contributed by atoms with E-state index in [1.807, 2.05) is 74.6 Å². The molecule has 2 aliphatic rings. The quantitative estimate of drug-likeness (QED) is 0.0279. The molecule has 20 heteroatoms. The molecule has 0 radical (unpaired) electrons. The molecule has 12 N–H and O–H groups in total. The number of hydrogen-bond acceptors (Lipinski definition) is 18. The van der Waals surface area contributed by atoms with Gasteiger partial charge < -0.3 is 85.2 Å². The van der Waals surface area contributed by atoms with Gasteiger partial charge in [0.25, 0.3) is 0 Å². The molecule has 404 valence electrons. The van der Waals surface area contributed by atoms with Crippen molar-refractivity contribution in [3.8, 4) is 0 Å². The second kappa shape index (κ2) is 32.1. The molecular formula is C51H81NO19. The summed E-state index contributed by atoms with van der Waals surface area (Å²) in [6.45, 7) is 13.5. The number of nitrogens with one attached hydrogen (secondary N) is 1. The van der Waals surface area contributed by atoms with Crippen molar-refractivity contribution in [3.63, 3.8) is 0 Å². The summed E-state index contributed by atoms with van der Waals surface area (Å²) < 4.78 is 27.9. The van der Waals surface area contributed by atoms with Gasteiger partial charge in [-0.1, -0.05) is 99.4 Å². The van der Waals surface area contributed by atoms with Crippen LogP contribution in [0, 0.1) is 17.8 Å². The highest BCUT2D eigenvalue weighted by molar-refractivity contribution is 5.72. The molecular weight excluding hydrogens is 931 g/mol. The number of allylic oxidation sites excluding steroid dienone is 10. The van der Waals surface area contributed by atoms with Crippen molar-refractivity contribution in [2.45, 2.75) is 190 Å². The molecule has 0 aromatic carbocycles. The van der Waals surface area contributed by atoms with Crippen molar-refractivity contribution in [2.24, 2.45) is 17.8 Å². The highest BCUT2D eigenvalue weighted by Gasteiger charge is 2.51. The molecule has 71 heavy (non-hydrogen) atoms. The number of carboxylic acids is 1. The van der Waals surface area contributed by atoms with E-state index in [-0.39, 0.29) is 38.2 Å². The summed E-state index contributed by atoms with van der Waals surface area (Å²) >= 11 is 0. The lowest BCUT2D eigenvalue weighted by Crippen LogP contribution is -2.64. The molecule has 2 rings (SSSR count). The van der Waals surface area contributed by atoms with Crippen LogP contribution in [0.3, 0.4) is 0 Å². The smallest absolute Gasteiger partial charge is 0.407 e. The third-order valence-electron chi connectivity index (χ3n) is 12.4. The van der Waals surface area contributed by atoms with Crippen molar-refractivity contribution in [1.29, 1.82) is 0 Å². The first-order valence-corrected chi connectivity index (χ1v) is 24.2. The molecule has 0 aromatic heterocycles. The summed E-state index contributed by atoms with van der Waals surface area (Å²) in [5.41, 5.74) is 0. The summed E-state index contributed by atoms with van der Waals surface area (Å²) in [6, 6.07) is -1.32. The Kier molecular flexibility index (Phi) is 28.5. The summed E-state index contributed by atoms with van der Waals surface area (Å²) in [5.74, 6) is -6.89. The first-order valence-electron chi connectivity index (χ1n) is 24.2. The van der Waals surface area contributed by atoms with Gasteiger partial charge in [-0.15, -0.1) is 0 Å². The standard InChI is InChI=1S/C51H81NO19/c1-8-11-12-13-14-15-16-17-18-20-30(4)45(60)31(5)32(6)68-42(59)26-35(54)24-34(53)21-22-38(56)39(57)25-36(55)28-51(66)29-40(58)43(48(63)64)41(71-51)27-37(19-9-2)70-49-47(62)44(46(61)33(7)69-49)52-50(65)67-23-10-3/h8-20,30-41,43-47,49,53-58,60-62,66H,3,21-29H2,1-2,4-7H3,(H,52,65)(H,63,64)/b11-8+,13-12+,15-14+,17-16+,19-9+,20-18+/t30-,31-,32-,33+,34+,35+,36-,37-,38+,39+,40-,41-,43+,44-,45+,46+,47-,49-,51+/m0/s1. The first-order chi connectivity index (χ1) is 33.5. The van der Waals surface area contributed by atoms with E-state index in [1.165, 1.54) is 19.1 Å². The Labute approximate surface area is 416 Å². The molecule has 2 saturated heterocycles. The van der Waals surface area contributed by atoms with E-state index in [4.69, 9.17) is 23.7 Å². The van der Waals surface area contributed by atoms with E-state index in [9.17, 15) is 70.6 Å². The van der Waals surface area contributed by atoms with E-state index in [2.05, 4.69) is 11.9 Å². The number of alkyl carbamates (subject to hydrolysis) is 1. The maximum Gasteiger partial charge on any atom is 0.407 e. The largest absolute Gasteiger partial charge is 0.481 e. The van der Waals surface area contributed by atoms with Crippen molar-refractivity contribution < 1.29 is 94.2 Å². The molecule has 2 aliphatic heterocycles. The van der Waals surface area contributed by atoms with Gasteiger partial charge >= 0.3 is 18.0 Å². The van der Waals surface area contributed by atoms with Gasteiger partial charge in [-0.3, -0.25) is 9.59 Å². The maximum atomic E-state index is 12.6. The van der Waals surface area contributed by atoms with Crippen LogP contribution in [0.1, 0.15) is 92.9 Å². The molecule has 19 atom stereocenters. The maximum absolute atomic E-state index is 12.6. The minimum atomic E-state index is -2.35. The number of esters is 1. The predicted molar refractivity (Wildman–Crippen MR) is 260 cm³/mol. The van der Waals surface area contributed by atoms with E-state index in [0.717, 1.165) is 0 Å². The van der Waals surface area contributed by atoms with Gasteiger partial charge in [-0.25, -0.2) is 4.79 Å². The van der Waals surface area contributed by atoms with Gasteiger partial charge in [0.2, 0.25) is 0 Å².